The van der Waals surface area contributed by atoms with E-state index in [1.807, 2.05) is 0 Å². The van der Waals surface area contributed by atoms with Crippen molar-refractivity contribution < 1.29 is 73.9 Å². The van der Waals surface area contributed by atoms with Crippen LogP contribution in [-0.4, -0.2) is 18.5 Å². The van der Waals surface area contributed by atoms with Crippen LogP contribution in [0.5, 0.6) is 0 Å². The molecular formula is C12H14BClF3KO2. The molecule has 0 aliphatic heterocycles. The summed E-state index contributed by atoms with van der Waals surface area (Å²) in [7, 11) is 0. The van der Waals surface area contributed by atoms with Gasteiger partial charge in [-0.15, -0.1) is 0 Å². The van der Waals surface area contributed by atoms with E-state index in [1.54, 1.807) is 20.8 Å². The minimum absolute atomic E-state index is 0. The zero-order valence-electron chi connectivity index (χ0n) is 11.8. The van der Waals surface area contributed by atoms with Gasteiger partial charge >= 0.3 is 64.3 Å². The van der Waals surface area contributed by atoms with Crippen LogP contribution < -0.4 is 56.8 Å². The normalized spacial score (nSPS) is 11.8. The van der Waals surface area contributed by atoms with Gasteiger partial charge in [-0.1, -0.05) is 29.2 Å². The standard InChI is InChI=1S/C12H14BClF3O2.K/c1-12(2,3)19-11(18)7-8-4-5-9(10(14)6-8)13(15,16)17;/h4-6H,7H2,1-3H3;/q-1;+1. The second-order valence-electron chi connectivity index (χ2n) is 5.19. The summed E-state index contributed by atoms with van der Waals surface area (Å²) in [5.41, 5.74) is -1.09. The number of rotatable bonds is 3. The van der Waals surface area contributed by atoms with Gasteiger partial charge in [0.2, 0.25) is 0 Å². The predicted octanol–water partition coefficient (Wildman–Crippen LogP) is 0.283. The third kappa shape index (κ3) is 6.96. The second kappa shape index (κ2) is 7.65. The topological polar surface area (TPSA) is 26.3 Å². The quantitative estimate of drug-likeness (QED) is 0.587. The van der Waals surface area contributed by atoms with Gasteiger partial charge in [0, 0.05) is 5.02 Å². The molecule has 0 N–H and O–H groups in total. The maximum absolute atomic E-state index is 12.6. The molecule has 0 aliphatic carbocycles. The minimum atomic E-state index is -5.14. The molecule has 0 aliphatic rings. The number of hydrogen-bond acceptors (Lipinski definition) is 2. The van der Waals surface area contributed by atoms with Crippen LogP contribution in [0.4, 0.5) is 12.9 Å². The monoisotopic (exact) mass is 332 g/mol. The van der Waals surface area contributed by atoms with Gasteiger partial charge in [-0.2, -0.15) is 0 Å². The van der Waals surface area contributed by atoms with Crippen LogP contribution in [0.1, 0.15) is 26.3 Å². The first-order valence-electron chi connectivity index (χ1n) is 5.69. The van der Waals surface area contributed by atoms with Crippen LogP contribution in [0.25, 0.3) is 0 Å². The Balaban J connectivity index is 0.00000361. The van der Waals surface area contributed by atoms with Gasteiger partial charge in [0.25, 0.3) is 0 Å². The van der Waals surface area contributed by atoms with E-state index in [4.69, 9.17) is 16.3 Å². The van der Waals surface area contributed by atoms with Gasteiger partial charge in [0.15, 0.2) is 0 Å². The predicted molar refractivity (Wildman–Crippen MR) is 69.7 cm³/mol. The van der Waals surface area contributed by atoms with Crippen molar-refractivity contribution in [1.82, 2.24) is 0 Å². The van der Waals surface area contributed by atoms with E-state index >= 15 is 0 Å². The Morgan fingerprint density at radius 2 is 1.85 bits per heavy atom. The molecule has 0 heterocycles. The first-order chi connectivity index (χ1) is 8.49. The first-order valence-corrected chi connectivity index (χ1v) is 6.07. The SMILES string of the molecule is CC(C)(C)OC(=O)Cc1ccc([B-](F)(F)F)c(Cl)c1.[K+]. The van der Waals surface area contributed by atoms with E-state index in [2.05, 4.69) is 0 Å². The summed E-state index contributed by atoms with van der Waals surface area (Å²) in [6.07, 6.45) is -0.109. The van der Waals surface area contributed by atoms with E-state index in [1.165, 1.54) is 6.07 Å². The van der Waals surface area contributed by atoms with Crippen molar-refractivity contribution in [3.8, 4) is 0 Å². The number of carbonyl (C=O) groups excluding carboxylic acids is 1. The van der Waals surface area contributed by atoms with E-state index < -0.39 is 29.0 Å². The summed E-state index contributed by atoms with van der Waals surface area (Å²) in [6.45, 7) is 0.00492. The van der Waals surface area contributed by atoms with Gasteiger partial charge < -0.3 is 17.7 Å². The van der Waals surface area contributed by atoms with Crippen molar-refractivity contribution >= 4 is 30.0 Å². The summed E-state index contributed by atoms with van der Waals surface area (Å²) in [5.74, 6) is -0.506. The average Bonchev–Trinajstić information content (AvgIpc) is 2.11. The Bertz CT molecular complexity index is 487. The number of esters is 1. The third-order valence-corrected chi connectivity index (χ3v) is 2.51. The van der Waals surface area contributed by atoms with Crippen LogP contribution in [-0.2, 0) is 16.0 Å². The average molecular weight is 333 g/mol. The van der Waals surface area contributed by atoms with E-state index in [0.717, 1.165) is 12.1 Å². The maximum Gasteiger partial charge on any atom is 1.00 e. The fourth-order valence-electron chi connectivity index (χ4n) is 1.49. The van der Waals surface area contributed by atoms with Crippen LogP contribution >= 0.6 is 11.6 Å². The molecule has 1 rings (SSSR count). The van der Waals surface area contributed by atoms with Crippen molar-refractivity contribution in [2.24, 2.45) is 0 Å². The van der Waals surface area contributed by atoms with Crippen LogP contribution in [0, 0.1) is 0 Å². The maximum atomic E-state index is 12.6. The first kappa shape index (κ1) is 20.5. The Labute approximate surface area is 163 Å². The molecule has 0 amide bonds. The van der Waals surface area contributed by atoms with E-state index in [9.17, 15) is 17.7 Å². The summed E-state index contributed by atoms with van der Waals surface area (Å²) in [6, 6.07) is 3.28. The molecule has 1 aromatic carbocycles. The summed E-state index contributed by atoms with van der Waals surface area (Å²) in [5, 5.41) is -0.395. The van der Waals surface area contributed by atoms with Crippen molar-refractivity contribution in [2.45, 2.75) is 32.8 Å². The molecule has 0 radical (unpaired) electrons. The molecule has 0 saturated heterocycles. The molecule has 0 spiro atoms. The number of carbonyl (C=O) groups is 1. The molecule has 0 fully saturated rings. The summed E-state index contributed by atoms with van der Waals surface area (Å²) in [4.78, 5) is 11.5. The zero-order chi connectivity index (χ0) is 14.8. The molecule has 0 aromatic heterocycles. The molecule has 0 atom stereocenters. The third-order valence-electron chi connectivity index (χ3n) is 2.19. The molecule has 20 heavy (non-hydrogen) atoms. The largest absolute Gasteiger partial charge is 1.00 e. The minimum Gasteiger partial charge on any atom is -0.460 e. The van der Waals surface area contributed by atoms with Gasteiger partial charge in [0.05, 0.1) is 6.42 Å². The Morgan fingerprint density at radius 1 is 1.30 bits per heavy atom. The van der Waals surface area contributed by atoms with Crippen molar-refractivity contribution in [1.29, 1.82) is 0 Å². The molecule has 2 nitrogen and oxygen atoms in total. The Hall–Kier alpha value is 0.471. The van der Waals surface area contributed by atoms with E-state index in [-0.39, 0.29) is 57.8 Å². The number of benzene rings is 1. The molecule has 0 saturated carbocycles. The Kier molecular flexibility index (Phi) is 7.83. The van der Waals surface area contributed by atoms with Crippen LogP contribution in [0.3, 0.4) is 0 Å². The van der Waals surface area contributed by atoms with Gasteiger partial charge in [-0.05, 0) is 32.4 Å². The van der Waals surface area contributed by atoms with Gasteiger partial charge in [-0.3, -0.25) is 4.79 Å². The molecule has 106 valence electrons. The summed E-state index contributed by atoms with van der Waals surface area (Å²) >= 11 is 5.57. The molecular weight excluding hydrogens is 318 g/mol. The molecule has 0 unspecified atom stereocenters. The fraction of sp³-hybridized carbons (Fsp3) is 0.417. The van der Waals surface area contributed by atoms with Crippen molar-refractivity contribution in [3.63, 3.8) is 0 Å². The summed E-state index contributed by atoms with van der Waals surface area (Å²) < 4.78 is 42.7. The van der Waals surface area contributed by atoms with Gasteiger partial charge in [-0.25, -0.2) is 0 Å². The fourth-order valence-corrected chi connectivity index (χ4v) is 1.82. The van der Waals surface area contributed by atoms with E-state index in [0.29, 0.717) is 5.56 Å². The van der Waals surface area contributed by atoms with Crippen molar-refractivity contribution in [2.75, 3.05) is 0 Å². The van der Waals surface area contributed by atoms with Gasteiger partial charge in [0.1, 0.15) is 5.60 Å². The molecule has 1 aromatic rings. The zero-order valence-corrected chi connectivity index (χ0v) is 15.7. The molecule has 8 heteroatoms. The number of ether oxygens (including phenoxy) is 1. The number of halogens is 4. The van der Waals surface area contributed by atoms with Crippen molar-refractivity contribution in [3.05, 3.63) is 28.8 Å². The van der Waals surface area contributed by atoms with Crippen LogP contribution in [0.2, 0.25) is 5.02 Å². The van der Waals surface area contributed by atoms with Crippen LogP contribution in [0.15, 0.2) is 18.2 Å². The molecule has 0 bridgehead atoms. The second-order valence-corrected chi connectivity index (χ2v) is 5.60. The number of hydrogen-bond donors (Lipinski definition) is 0. The Morgan fingerprint density at radius 3 is 2.25 bits per heavy atom. The smallest absolute Gasteiger partial charge is 0.460 e.